The van der Waals surface area contributed by atoms with Crippen LogP contribution in [0.1, 0.15) is 36.9 Å². The number of fused-ring (bicyclic) bond motifs is 3. The number of alkyl halides is 2. The zero-order chi connectivity index (χ0) is 15.5. The first kappa shape index (κ1) is 14.8. The number of allylic oxidation sites excluding steroid dienone is 1. The van der Waals surface area contributed by atoms with Crippen molar-refractivity contribution in [3.05, 3.63) is 34.6 Å². The average molecular weight is 358 g/mol. The van der Waals surface area contributed by atoms with Crippen molar-refractivity contribution in [1.29, 1.82) is 0 Å². The molecule has 0 saturated heterocycles. The summed E-state index contributed by atoms with van der Waals surface area (Å²) in [4.78, 5) is 16.8. The summed E-state index contributed by atoms with van der Waals surface area (Å²) in [7, 11) is 0. The molecule has 0 amide bonds. The lowest BCUT2D eigenvalue weighted by atomic mass is 9.92. The molecule has 6 heteroatoms. The Labute approximate surface area is 144 Å². The summed E-state index contributed by atoms with van der Waals surface area (Å²) in [6.07, 6.45) is 6.61. The standard InChI is InChI=1S/C16H15Cl3N2O/c17-12-14(21-11-7-8-3-4-9(11)6-8)13-10(2-1-5-20-13)16(18,19)15(12)22/h1-2,5,8-9,11,21H,3-4,6-7H2. The van der Waals surface area contributed by atoms with Gasteiger partial charge in [-0.3, -0.25) is 9.78 Å². The highest BCUT2D eigenvalue weighted by Gasteiger charge is 2.47. The zero-order valence-corrected chi connectivity index (χ0v) is 14.0. The third-order valence-corrected chi connectivity index (χ3v) is 6.27. The molecular formula is C16H15Cl3N2O. The Hall–Kier alpha value is -0.770. The average Bonchev–Trinajstić information content (AvgIpc) is 3.12. The van der Waals surface area contributed by atoms with Crippen molar-refractivity contribution in [1.82, 2.24) is 10.3 Å². The molecule has 3 atom stereocenters. The van der Waals surface area contributed by atoms with Crippen molar-refractivity contribution in [3.8, 4) is 0 Å². The number of hydrogen-bond acceptors (Lipinski definition) is 3. The molecule has 0 spiro atoms. The molecule has 0 aliphatic heterocycles. The highest BCUT2D eigenvalue weighted by Crippen LogP contribution is 2.48. The molecule has 2 saturated carbocycles. The number of carbonyl (C=O) groups is 1. The largest absolute Gasteiger partial charge is 0.379 e. The highest BCUT2D eigenvalue weighted by molar-refractivity contribution is 6.65. The molecule has 3 aliphatic carbocycles. The third kappa shape index (κ3) is 2.10. The van der Waals surface area contributed by atoms with Crippen LogP contribution in [0, 0.1) is 11.8 Å². The van der Waals surface area contributed by atoms with Crippen LogP contribution >= 0.6 is 34.8 Å². The predicted octanol–water partition coefficient (Wildman–Crippen LogP) is 3.98. The Morgan fingerprint density at radius 3 is 2.77 bits per heavy atom. The molecule has 3 unspecified atom stereocenters. The maximum atomic E-state index is 12.4. The summed E-state index contributed by atoms with van der Waals surface area (Å²) >= 11 is 18.7. The number of halogens is 3. The number of Topliss-reactive ketones (excluding diaryl/α,β-unsaturated/α-hetero) is 1. The lowest BCUT2D eigenvalue weighted by molar-refractivity contribution is -0.115. The van der Waals surface area contributed by atoms with Crippen molar-refractivity contribution in [2.45, 2.75) is 36.1 Å². The minimum absolute atomic E-state index is 0.0546. The summed E-state index contributed by atoms with van der Waals surface area (Å²) in [5.41, 5.74) is 1.66. The maximum absolute atomic E-state index is 12.4. The van der Waals surface area contributed by atoms with Crippen LogP contribution in [0.4, 0.5) is 0 Å². The van der Waals surface area contributed by atoms with Crippen molar-refractivity contribution >= 4 is 46.3 Å². The van der Waals surface area contributed by atoms with E-state index in [2.05, 4.69) is 10.3 Å². The normalized spacial score (nSPS) is 32.3. The van der Waals surface area contributed by atoms with Gasteiger partial charge in [-0.05, 0) is 37.2 Å². The Bertz CT molecular complexity index is 686. The monoisotopic (exact) mass is 356 g/mol. The molecule has 1 heterocycles. The summed E-state index contributed by atoms with van der Waals surface area (Å²) < 4.78 is -1.67. The Morgan fingerprint density at radius 1 is 1.27 bits per heavy atom. The van der Waals surface area contributed by atoms with E-state index < -0.39 is 10.1 Å². The lowest BCUT2D eigenvalue weighted by Gasteiger charge is -2.31. The van der Waals surface area contributed by atoms with Crippen molar-refractivity contribution in [2.24, 2.45) is 11.8 Å². The minimum Gasteiger partial charge on any atom is -0.379 e. The van der Waals surface area contributed by atoms with Crippen molar-refractivity contribution in [2.75, 3.05) is 0 Å². The SMILES string of the molecule is O=C1C(Cl)=C(NC2CC3CCC2C3)c2ncccc2C1(Cl)Cl. The van der Waals surface area contributed by atoms with Crippen LogP contribution in [0.25, 0.3) is 5.70 Å². The maximum Gasteiger partial charge on any atom is 0.216 e. The number of rotatable bonds is 2. The van der Waals surface area contributed by atoms with Crippen LogP contribution in [0.3, 0.4) is 0 Å². The molecule has 2 fully saturated rings. The zero-order valence-electron chi connectivity index (χ0n) is 11.8. The molecule has 1 N–H and O–H groups in total. The number of hydrogen-bond donors (Lipinski definition) is 1. The summed E-state index contributed by atoms with van der Waals surface area (Å²) in [5.74, 6) is 0.969. The number of pyridine rings is 1. The first-order chi connectivity index (χ1) is 10.5. The van der Waals surface area contributed by atoms with Crippen LogP contribution in [-0.4, -0.2) is 16.8 Å². The fourth-order valence-electron chi connectivity index (χ4n) is 4.07. The van der Waals surface area contributed by atoms with E-state index in [9.17, 15) is 4.79 Å². The Morgan fingerprint density at radius 2 is 2.09 bits per heavy atom. The minimum atomic E-state index is -1.67. The smallest absolute Gasteiger partial charge is 0.216 e. The number of nitrogens with one attached hydrogen (secondary N) is 1. The molecule has 1 aromatic heterocycles. The molecule has 22 heavy (non-hydrogen) atoms. The van der Waals surface area contributed by atoms with Gasteiger partial charge >= 0.3 is 0 Å². The molecular weight excluding hydrogens is 343 g/mol. The number of nitrogens with zero attached hydrogens (tertiary/aromatic N) is 1. The predicted molar refractivity (Wildman–Crippen MR) is 87.8 cm³/mol. The van der Waals surface area contributed by atoms with Gasteiger partial charge in [-0.1, -0.05) is 47.3 Å². The van der Waals surface area contributed by atoms with E-state index in [0.29, 0.717) is 28.9 Å². The van der Waals surface area contributed by atoms with Gasteiger partial charge < -0.3 is 5.32 Å². The van der Waals surface area contributed by atoms with Crippen molar-refractivity contribution in [3.63, 3.8) is 0 Å². The van der Waals surface area contributed by atoms with Gasteiger partial charge in [0.2, 0.25) is 10.1 Å². The quantitative estimate of drug-likeness (QED) is 0.814. The molecule has 1 aromatic rings. The van der Waals surface area contributed by atoms with E-state index in [1.807, 2.05) is 0 Å². The summed E-state index contributed by atoms with van der Waals surface area (Å²) in [6, 6.07) is 3.80. The van der Waals surface area contributed by atoms with Crippen LogP contribution in [0.5, 0.6) is 0 Å². The number of ketones is 1. The second-order valence-electron chi connectivity index (χ2n) is 6.42. The summed E-state index contributed by atoms with van der Waals surface area (Å²) in [5, 5.41) is 3.53. The third-order valence-electron chi connectivity index (χ3n) is 5.15. The molecule has 2 bridgehead atoms. The topological polar surface area (TPSA) is 42.0 Å². The molecule has 4 rings (SSSR count). The molecule has 0 radical (unpaired) electrons. The lowest BCUT2D eigenvalue weighted by Crippen LogP contribution is -2.38. The first-order valence-corrected chi connectivity index (χ1v) is 8.66. The van der Waals surface area contributed by atoms with Crippen LogP contribution in [0.15, 0.2) is 23.4 Å². The molecule has 0 aromatic carbocycles. The fourth-order valence-corrected chi connectivity index (χ4v) is 4.95. The Kier molecular flexibility index (Phi) is 3.44. The van der Waals surface area contributed by atoms with Crippen LogP contribution in [-0.2, 0) is 9.13 Å². The first-order valence-electron chi connectivity index (χ1n) is 7.53. The van der Waals surface area contributed by atoms with Gasteiger partial charge in [0.1, 0.15) is 5.03 Å². The van der Waals surface area contributed by atoms with E-state index in [-0.39, 0.29) is 5.03 Å². The van der Waals surface area contributed by atoms with E-state index >= 15 is 0 Å². The molecule has 3 aliphatic rings. The van der Waals surface area contributed by atoms with Crippen molar-refractivity contribution < 1.29 is 4.79 Å². The van der Waals surface area contributed by atoms with E-state index in [1.165, 1.54) is 19.3 Å². The van der Waals surface area contributed by atoms with Gasteiger partial charge in [0.15, 0.2) is 0 Å². The van der Waals surface area contributed by atoms with Gasteiger partial charge in [-0.2, -0.15) is 0 Å². The Balaban J connectivity index is 1.74. The number of carbonyl (C=O) groups excluding carboxylic acids is 1. The van der Waals surface area contributed by atoms with Gasteiger partial charge in [0, 0.05) is 17.8 Å². The highest BCUT2D eigenvalue weighted by atomic mass is 35.5. The van der Waals surface area contributed by atoms with Crippen LogP contribution in [0.2, 0.25) is 0 Å². The molecule has 3 nitrogen and oxygen atoms in total. The van der Waals surface area contributed by atoms with Gasteiger partial charge in [-0.25, -0.2) is 0 Å². The van der Waals surface area contributed by atoms with Gasteiger partial charge in [0.05, 0.1) is 11.4 Å². The fraction of sp³-hybridized carbons (Fsp3) is 0.500. The number of aromatic nitrogens is 1. The second kappa shape index (κ2) is 5.12. The molecule has 116 valence electrons. The van der Waals surface area contributed by atoms with E-state index in [0.717, 1.165) is 12.3 Å². The van der Waals surface area contributed by atoms with E-state index in [4.69, 9.17) is 34.8 Å². The van der Waals surface area contributed by atoms with Gasteiger partial charge in [-0.15, -0.1) is 0 Å². The van der Waals surface area contributed by atoms with Crippen LogP contribution < -0.4 is 5.32 Å². The van der Waals surface area contributed by atoms with E-state index in [1.54, 1.807) is 18.3 Å². The van der Waals surface area contributed by atoms with Gasteiger partial charge in [0.25, 0.3) is 0 Å². The summed E-state index contributed by atoms with van der Waals surface area (Å²) in [6.45, 7) is 0. The second-order valence-corrected chi connectivity index (χ2v) is 8.12.